The van der Waals surface area contributed by atoms with E-state index in [1.54, 1.807) is 13.2 Å². The van der Waals surface area contributed by atoms with E-state index in [1.165, 1.54) is 0 Å². The minimum atomic E-state index is -0.319. The maximum absolute atomic E-state index is 12.3. The molecule has 8 heteroatoms. The van der Waals surface area contributed by atoms with E-state index in [-0.39, 0.29) is 6.03 Å². The third kappa shape index (κ3) is 5.43. The second-order valence-electron chi connectivity index (χ2n) is 6.14. The van der Waals surface area contributed by atoms with Gasteiger partial charge in [-0.2, -0.15) is 0 Å². The Labute approximate surface area is 169 Å². The molecule has 0 aliphatic carbocycles. The third-order valence-electron chi connectivity index (χ3n) is 4.27. The van der Waals surface area contributed by atoms with Crippen molar-refractivity contribution in [2.45, 2.75) is 0 Å². The van der Waals surface area contributed by atoms with Crippen LogP contribution in [0.25, 0.3) is 0 Å². The Bertz CT molecular complexity index is 797. The standard InChI is InChI=1S/C20H24ClN3O4/c1-26-18-4-2-3-5-19(18)28-11-8-22-20(25)23-16-14-15(21)6-7-17(16)24-9-12-27-13-10-24/h2-7,14H,8-13H2,1H3,(H2,22,23,25). The molecule has 1 saturated heterocycles. The van der Waals surface area contributed by atoms with Gasteiger partial charge < -0.3 is 29.7 Å². The van der Waals surface area contributed by atoms with E-state index in [1.807, 2.05) is 36.4 Å². The molecule has 2 aromatic rings. The van der Waals surface area contributed by atoms with Crippen LogP contribution in [0.1, 0.15) is 0 Å². The largest absolute Gasteiger partial charge is 0.493 e. The summed E-state index contributed by atoms with van der Waals surface area (Å²) < 4.78 is 16.3. The first-order chi connectivity index (χ1) is 13.7. The maximum atomic E-state index is 12.3. The second-order valence-corrected chi connectivity index (χ2v) is 6.58. The average molecular weight is 406 g/mol. The molecular formula is C20H24ClN3O4. The van der Waals surface area contributed by atoms with E-state index in [0.29, 0.717) is 48.6 Å². The van der Waals surface area contributed by atoms with Crippen LogP contribution in [0, 0.1) is 0 Å². The normalized spacial score (nSPS) is 13.7. The molecule has 0 unspecified atom stereocenters. The highest BCUT2D eigenvalue weighted by Crippen LogP contribution is 2.30. The van der Waals surface area contributed by atoms with Gasteiger partial charge in [-0.05, 0) is 30.3 Å². The first kappa shape index (κ1) is 20.1. The Morgan fingerprint density at radius 1 is 1.18 bits per heavy atom. The van der Waals surface area contributed by atoms with Gasteiger partial charge in [-0.15, -0.1) is 0 Å². The molecule has 0 radical (unpaired) electrons. The molecule has 1 heterocycles. The molecule has 2 N–H and O–H groups in total. The van der Waals surface area contributed by atoms with E-state index < -0.39 is 0 Å². The smallest absolute Gasteiger partial charge is 0.319 e. The van der Waals surface area contributed by atoms with E-state index >= 15 is 0 Å². The molecule has 1 aliphatic heterocycles. The molecular weight excluding hydrogens is 382 g/mol. The summed E-state index contributed by atoms with van der Waals surface area (Å²) in [6, 6.07) is 12.5. The van der Waals surface area contributed by atoms with Crippen molar-refractivity contribution < 1.29 is 19.0 Å². The fraction of sp³-hybridized carbons (Fsp3) is 0.350. The van der Waals surface area contributed by atoms with Crippen molar-refractivity contribution >= 4 is 29.0 Å². The number of carbonyl (C=O) groups is 1. The number of carbonyl (C=O) groups excluding carboxylic acids is 1. The number of amides is 2. The second kappa shape index (κ2) is 10.1. The number of hydrogen-bond donors (Lipinski definition) is 2. The van der Waals surface area contributed by atoms with Crippen LogP contribution in [0.4, 0.5) is 16.2 Å². The average Bonchev–Trinajstić information content (AvgIpc) is 2.72. The number of benzene rings is 2. The van der Waals surface area contributed by atoms with Crippen LogP contribution in [0.2, 0.25) is 5.02 Å². The molecule has 28 heavy (non-hydrogen) atoms. The van der Waals surface area contributed by atoms with E-state index in [9.17, 15) is 4.79 Å². The van der Waals surface area contributed by atoms with Crippen LogP contribution in [0.5, 0.6) is 11.5 Å². The summed E-state index contributed by atoms with van der Waals surface area (Å²) in [5.41, 5.74) is 1.59. The summed E-state index contributed by atoms with van der Waals surface area (Å²) >= 11 is 6.12. The number of urea groups is 1. The van der Waals surface area contributed by atoms with E-state index in [4.69, 9.17) is 25.8 Å². The van der Waals surface area contributed by atoms with Gasteiger partial charge in [0.05, 0.1) is 38.2 Å². The first-order valence-electron chi connectivity index (χ1n) is 9.10. The zero-order valence-corrected chi connectivity index (χ0v) is 16.5. The summed E-state index contributed by atoms with van der Waals surface area (Å²) in [6.07, 6.45) is 0. The minimum Gasteiger partial charge on any atom is -0.493 e. The number of para-hydroxylation sites is 2. The molecule has 2 amide bonds. The molecule has 0 aromatic heterocycles. The Hall–Kier alpha value is -2.64. The van der Waals surface area contributed by atoms with Crippen molar-refractivity contribution in [3.8, 4) is 11.5 Å². The van der Waals surface area contributed by atoms with Gasteiger partial charge >= 0.3 is 6.03 Å². The zero-order chi connectivity index (χ0) is 19.8. The summed E-state index contributed by atoms with van der Waals surface area (Å²) in [5.74, 6) is 1.29. The predicted molar refractivity (Wildman–Crippen MR) is 110 cm³/mol. The van der Waals surface area contributed by atoms with Gasteiger partial charge in [0.25, 0.3) is 0 Å². The lowest BCUT2D eigenvalue weighted by atomic mass is 10.2. The van der Waals surface area contributed by atoms with Crippen LogP contribution < -0.4 is 25.0 Å². The molecule has 3 rings (SSSR count). The third-order valence-corrected chi connectivity index (χ3v) is 4.51. The fourth-order valence-corrected chi connectivity index (χ4v) is 3.09. The SMILES string of the molecule is COc1ccccc1OCCNC(=O)Nc1cc(Cl)ccc1N1CCOCC1. The highest BCUT2D eigenvalue weighted by molar-refractivity contribution is 6.31. The van der Waals surface area contributed by atoms with Crippen LogP contribution in [-0.4, -0.2) is 52.6 Å². The van der Waals surface area contributed by atoms with Gasteiger partial charge in [-0.1, -0.05) is 23.7 Å². The van der Waals surface area contributed by atoms with Crippen LogP contribution in [0.15, 0.2) is 42.5 Å². The number of anilines is 2. The summed E-state index contributed by atoms with van der Waals surface area (Å²) in [5, 5.41) is 6.22. The number of nitrogens with zero attached hydrogens (tertiary/aromatic N) is 1. The van der Waals surface area contributed by atoms with Crippen molar-refractivity contribution in [3.63, 3.8) is 0 Å². The summed E-state index contributed by atoms with van der Waals surface area (Å²) in [4.78, 5) is 14.5. The summed E-state index contributed by atoms with van der Waals surface area (Å²) in [7, 11) is 1.59. The molecule has 0 saturated carbocycles. The van der Waals surface area contributed by atoms with Gasteiger partial charge in [0, 0.05) is 18.1 Å². The summed E-state index contributed by atoms with van der Waals surface area (Å²) in [6.45, 7) is 3.52. The molecule has 0 atom stereocenters. The van der Waals surface area contributed by atoms with Crippen LogP contribution in [-0.2, 0) is 4.74 Å². The number of halogens is 1. The van der Waals surface area contributed by atoms with Crippen LogP contribution >= 0.6 is 11.6 Å². The van der Waals surface area contributed by atoms with Gasteiger partial charge in [0.15, 0.2) is 11.5 Å². The highest BCUT2D eigenvalue weighted by atomic mass is 35.5. The predicted octanol–water partition coefficient (Wildman–Crippen LogP) is 3.39. The lowest BCUT2D eigenvalue weighted by Gasteiger charge is -2.30. The molecule has 0 bridgehead atoms. The Balaban J connectivity index is 1.52. The molecule has 2 aromatic carbocycles. The lowest BCUT2D eigenvalue weighted by molar-refractivity contribution is 0.123. The van der Waals surface area contributed by atoms with E-state index in [0.717, 1.165) is 18.8 Å². The molecule has 0 spiro atoms. The quantitative estimate of drug-likeness (QED) is 0.691. The van der Waals surface area contributed by atoms with Crippen molar-refractivity contribution in [1.82, 2.24) is 5.32 Å². The molecule has 150 valence electrons. The van der Waals surface area contributed by atoms with Crippen molar-refractivity contribution in [3.05, 3.63) is 47.5 Å². The van der Waals surface area contributed by atoms with E-state index in [2.05, 4.69) is 15.5 Å². The van der Waals surface area contributed by atoms with Crippen molar-refractivity contribution in [2.75, 3.05) is 56.8 Å². The maximum Gasteiger partial charge on any atom is 0.319 e. The molecule has 1 fully saturated rings. The van der Waals surface area contributed by atoms with Gasteiger partial charge in [-0.3, -0.25) is 0 Å². The zero-order valence-electron chi connectivity index (χ0n) is 15.7. The highest BCUT2D eigenvalue weighted by Gasteiger charge is 2.16. The fourth-order valence-electron chi connectivity index (χ4n) is 2.92. The Kier molecular flexibility index (Phi) is 7.22. The van der Waals surface area contributed by atoms with Crippen molar-refractivity contribution in [2.24, 2.45) is 0 Å². The lowest BCUT2D eigenvalue weighted by Crippen LogP contribution is -2.37. The molecule has 7 nitrogen and oxygen atoms in total. The number of morpholine rings is 1. The van der Waals surface area contributed by atoms with Gasteiger partial charge in [0.2, 0.25) is 0 Å². The number of methoxy groups -OCH3 is 1. The molecule has 1 aliphatic rings. The monoisotopic (exact) mass is 405 g/mol. The Morgan fingerprint density at radius 3 is 2.68 bits per heavy atom. The van der Waals surface area contributed by atoms with Crippen LogP contribution in [0.3, 0.4) is 0 Å². The van der Waals surface area contributed by atoms with Gasteiger partial charge in [-0.25, -0.2) is 4.79 Å². The van der Waals surface area contributed by atoms with Gasteiger partial charge in [0.1, 0.15) is 6.61 Å². The first-order valence-corrected chi connectivity index (χ1v) is 9.48. The number of nitrogens with one attached hydrogen (secondary N) is 2. The topological polar surface area (TPSA) is 72.1 Å². The number of hydrogen-bond acceptors (Lipinski definition) is 5. The number of rotatable bonds is 7. The minimum absolute atomic E-state index is 0.319. The Morgan fingerprint density at radius 2 is 1.93 bits per heavy atom. The number of ether oxygens (including phenoxy) is 3. The van der Waals surface area contributed by atoms with Crippen molar-refractivity contribution in [1.29, 1.82) is 0 Å².